The van der Waals surface area contributed by atoms with Crippen LogP contribution in [0.25, 0.3) is 0 Å². The second-order valence-corrected chi connectivity index (χ2v) is 4.66. The number of anilines is 2. The van der Waals surface area contributed by atoms with Crippen molar-refractivity contribution in [1.82, 2.24) is 15.0 Å². The predicted molar refractivity (Wildman–Crippen MR) is 79.0 cm³/mol. The third kappa shape index (κ3) is 4.51. The minimum Gasteiger partial charge on any atom is -0.492 e. The summed E-state index contributed by atoms with van der Waals surface area (Å²) < 4.78 is 31.0. The van der Waals surface area contributed by atoms with Gasteiger partial charge in [0, 0.05) is 12.0 Å². The summed E-state index contributed by atoms with van der Waals surface area (Å²) >= 11 is 0. The summed E-state index contributed by atoms with van der Waals surface area (Å²) in [5, 5.41) is 2.91. The van der Waals surface area contributed by atoms with Gasteiger partial charge >= 0.3 is 0 Å². The molecular formula is C14H17F2N5O. The lowest BCUT2D eigenvalue weighted by Gasteiger charge is -2.10. The van der Waals surface area contributed by atoms with Crippen molar-refractivity contribution in [1.29, 1.82) is 0 Å². The number of aromatic nitrogens is 3. The van der Waals surface area contributed by atoms with E-state index in [-0.39, 0.29) is 24.3 Å². The van der Waals surface area contributed by atoms with Crippen molar-refractivity contribution >= 4 is 11.9 Å². The monoisotopic (exact) mass is 309 g/mol. The Morgan fingerprint density at radius 2 is 2.14 bits per heavy atom. The van der Waals surface area contributed by atoms with Gasteiger partial charge in [0.25, 0.3) is 0 Å². The molecular weight excluding hydrogens is 292 g/mol. The second kappa shape index (κ2) is 7.48. The van der Waals surface area contributed by atoms with E-state index in [0.29, 0.717) is 18.1 Å². The summed E-state index contributed by atoms with van der Waals surface area (Å²) in [6.45, 7) is 1.74. The average Bonchev–Trinajstić information content (AvgIpc) is 2.50. The topological polar surface area (TPSA) is 86.0 Å². The maximum Gasteiger partial charge on any atom is 0.227 e. The van der Waals surface area contributed by atoms with Crippen molar-refractivity contribution in [2.24, 2.45) is 0 Å². The fraction of sp³-hybridized carbons (Fsp3) is 0.357. The van der Waals surface area contributed by atoms with Crippen LogP contribution >= 0.6 is 0 Å². The Balaban J connectivity index is 1.87. The first-order valence-electron chi connectivity index (χ1n) is 6.78. The molecule has 0 saturated heterocycles. The van der Waals surface area contributed by atoms with Crippen LogP contribution in [0.5, 0.6) is 5.75 Å². The van der Waals surface area contributed by atoms with Gasteiger partial charge in [-0.05, 0) is 12.1 Å². The molecule has 0 aliphatic heterocycles. The number of benzene rings is 1. The van der Waals surface area contributed by atoms with Crippen LogP contribution < -0.4 is 15.8 Å². The molecule has 1 atom stereocenters. The summed E-state index contributed by atoms with van der Waals surface area (Å²) in [4.78, 5) is 11.9. The normalized spacial score (nSPS) is 12.0. The van der Waals surface area contributed by atoms with E-state index in [4.69, 9.17) is 10.5 Å². The first-order valence-corrected chi connectivity index (χ1v) is 6.78. The van der Waals surface area contributed by atoms with Gasteiger partial charge in [-0.25, -0.2) is 4.39 Å². The Hall–Kier alpha value is -2.51. The van der Waals surface area contributed by atoms with E-state index < -0.39 is 12.6 Å². The summed E-state index contributed by atoms with van der Waals surface area (Å²) in [5.41, 5.74) is 5.57. The van der Waals surface area contributed by atoms with E-state index >= 15 is 0 Å². The number of hydrogen-bond acceptors (Lipinski definition) is 6. The molecule has 2 aromatic rings. The smallest absolute Gasteiger partial charge is 0.227 e. The zero-order valence-corrected chi connectivity index (χ0v) is 12.1. The van der Waals surface area contributed by atoms with Gasteiger partial charge in [0.1, 0.15) is 24.0 Å². The van der Waals surface area contributed by atoms with Crippen LogP contribution in [0.15, 0.2) is 24.3 Å². The number of rotatable bonds is 7. The fourth-order valence-corrected chi connectivity index (χ4v) is 1.67. The van der Waals surface area contributed by atoms with E-state index in [1.807, 2.05) is 0 Å². The van der Waals surface area contributed by atoms with E-state index in [0.717, 1.165) is 0 Å². The fourth-order valence-electron chi connectivity index (χ4n) is 1.67. The van der Waals surface area contributed by atoms with Crippen molar-refractivity contribution in [3.05, 3.63) is 35.9 Å². The van der Waals surface area contributed by atoms with Gasteiger partial charge in [0.05, 0.1) is 13.2 Å². The van der Waals surface area contributed by atoms with Gasteiger partial charge in [0.15, 0.2) is 0 Å². The van der Waals surface area contributed by atoms with E-state index in [9.17, 15) is 8.78 Å². The third-order valence-corrected chi connectivity index (χ3v) is 2.79. The Bertz CT molecular complexity index is 626. The van der Waals surface area contributed by atoms with E-state index in [1.165, 1.54) is 12.1 Å². The minimum absolute atomic E-state index is 0.0267. The maximum atomic E-state index is 13.0. The maximum absolute atomic E-state index is 13.0. The standard InChI is InChI=1S/C14H17F2N5O/c1-9(8-15)12-19-13(17)21-14(20-12)18-5-6-22-11-4-2-3-10(16)7-11/h2-4,7,9H,5-6,8H2,1H3,(H3,17,18,19,20,21). The Kier molecular flexibility index (Phi) is 5.40. The van der Waals surface area contributed by atoms with Crippen molar-refractivity contribution in [2.75, 3.05) is 30.9 Å². The molecule has 22 heavy (non-hydrogen) atoms. The van der Waals surface area contributed by atoms with Crippen LogP contribution in [0.2, 0.25) is 0 Å². The molecule has 118 valence electrons. The van der Waals surface area contributed by atoms with Gasteiger partial charge in [-0.1, -0.05) is 13.0 Å². The van der Waals surface area contributed by atoms with Gasteiger partial charge in [0.2, 0.25) is 11.9 Å². The van der Waals surface area contributed by atoms with E-state index in [1.54, 1.807) is 19.1 Å². The summed E-state index contributed by atoms with van der Waals surface area (Å²) in [6.07, 6.45) is 0. The molecule has 0 aliphatic carbocycles. The zero-order valence-electron chi connectivity index (χ0n) is 12.1. The highest BCUT2D eigenvalue weighted by molar-refractivity contribution is 5.31. The van der Waals surface area contributed by atoms with Crippen molar-refractivity contribution in [3.8, 4) is 5.75 Å². The Labute approximate surface area is 126 Å². The van der Waals surface area contributed by atoms with Crippen LogP contribution in [0.4, 0.5) is 20.7 Å². The average molecular weight is 309 g/mol. The predicted octanol–water partition coefficient (Wildman–Crippen LogP) is 2.16. The molecule has 1 heterocycles. The molecule has 1 aromatic carbocycles. The van der Waals surface area contributed by atoms with Crippen molar-refractivity contribution in [3.63, 3.8) is 0 Å². The van der Waals surface area contributed by atoms with E-state index in [2.05, 4.69) is 20.3 Å². The van der Waals surface area contributed by atoms with Crippen LogP contribution in [0.3, 0.4) is 0 Å². The highest BCUT2D eigenvalue weighted by atomic mass is 19.1. The molecule has 1 aromatic heterocycles. The van der Waals surface area contributed by atoms with Gasteiger partial charge < -0.3 is 15.8 Å². The summed E-state index contributed by atoms with van der Waals surface area (Å²) in [7, 11) is 0. The van der Waals surface area contributed by atoms with Gasteiger partial charge in [-0.3, -0.25) is 4.39 Å². The number of nitrogen functional groups attached to an aromatic ring is 1. The van der Waals surface area contributed by atoms with Crippen LogP contribution in [-0.2, 0) is 0 Å². The second-order valence-electron chi connectivity index (χ2n) is 4.66. The minimum atomic E-state index is -0.578. The number of alkyl halides is 1. The number of nitrogens with zero attached hydrogens (tertiary/aromatic N) is 3. The lowest BCUT2D eigenvalue weighted by Crippen LogP contribution is -2.16. The van der Waals surface area contributed by atoms with Crippen molar-refractivity contribution in [2.45, 2.75) is 12.8 Å². The van der Waals surface area contributed by atoms with Crippen LogP contribution in [0, 0.1) is 5.82 Å². The number of nitrogens with one attached hydrogen (secondary N) is 1. The van der Waals surface area contributed by atoms with Gasteiger partial charge in [-0.2, -0.15) is 15.0 Å². The first-order chi connectivity index (χ1) is 10.6. The molecule has 0 aliphatic rings. The number of halogens is 2. The quantitative estimate of drug-likeness (QED) is 0.762. The lowest BCUT2D eigenvalue weighted by atomic mass is 10.2. The zero-order chi connectivity index (χ0) is 15.9. The first kappa shape index (κ1) is 15.9. The molecule has 0 radical (unpaired) electrons. The Morgan fingerprint density at radius 3 is 2.86 bits per heavy atom. The molecule has 2 rings (SSSR count). The third-order valence-electron chi connectivity index (χ3n) is 2.79. The molecule has 0 amide bonds. The molecule has 0 bridgehead atoms. The molecule has 3 N–H and O–H groups in total. The highest BCUT2D eigenvalue weighted by Gasteiger charge is 2.11. The molecule has 8 heteroatoms. The summed E-state index contributed by atoms with van der Waals surface area (Å²) in [5.74, 6) is 0.201. The number of ether oxygens (including phenoxy) is 1. The van der Waals surface area contributed by atoms with Crippen LogP contribution in [-0.4, -0.2) is 34.8 Å². The molecule has 0 fully saturated rings. The molecule has 1 unspecified atom stereocenters. The SMILES string of the molecule is CC(CF)c1nc(N)nc(NCCOc2cccc(F)c2)n1. The highest BCUT2D eigenvalue weighted by Crippen LogP contribution is 2.14. The van der Waals surface area contributed by atoms with Crippen LogP contribution in [0.1, 0.15) is 18.7 Å². The lowest BCUT2D eigenvalue weighted by molar-refractivity contribution is 0.330. The molecule has 0 saturated carbocycles. The van der Waals surface area contributed by atoms with Gasteiger partial charge in [-0.15, -0.1) is 0 Å². The largest absolute Gasteiger partial charge is 0.492 e. The number of nitrogens with two attached hydrogens (primary N) is 1. The Morgan fingerprint density at radius 1 is 1.32 bits per heavy atom. The number of hydrogen-bond donors (Lipinski definition) is 2. The molecule has 6 nitrogen and oxygen atoms in total. The summed E-state index contributed by atoms with van der Waals surface area (Å²) in [6, 6.07) is 5.86. The molecule has 0 spiro atoms. The van der Waals surface area contributed by atoms with Crippen molar-refractivity contribution < 1.29 is 13.5 Å².